The Morgan fingerprint density at radius 2 is 1.52 bits per heavy atom. The van der Waals surface area contributed by atoms with Crippen LogP contribution in [0.3, 0.4) is 0 Å². The molecule has 27 heavy (non-hydrogen) atoms. The standard InChI is InChI=1S/C22H33Si.3ClH.Ti/c1-8-9-13-23(7,19-15-17(2)14-18(3)16-19)21-12-10-11-20(21)22(4,5)6;;;;/h11,14-16H,8-10,13H2,1-7H3;3*1H;/q-1;;;;+4/p-3. The van der Waals surface area contributed by atoms with Crippen LogP contribution in [0.25, 0.3) is 0 Å². The molecule has 1 unspecified atom stereocenters. The van der Waals surface area contributed by atoms with Crippen molar-refractivity contribution in [3.05, 3.63) is 52.2 Å². The summed E-state index contributed by atoms with van der Waals surface area (Å²) in [5, 5.41) is 3.19. The Morgan fingerprint density at radius 3 is 1.96 bits per heavy atom. The van der Waals surface area contributed by atoms with E-state index in [9.17, 15) is 0 Å². The zero-order valence-electron chi connectivity index (χ0n) is 17.8. The van der Waals surface area contributed by atoms with Crippen LogP contribution in [0.5, 0.6) is 0 Å². The number of benzene rings is 1. The van der Waals surface area contributed by atoms with Crippen molar-refractivity contribution in [2.24, 2.45) is 5.41 Å². The summed E-state index contributed by atoms with van der Waals surface area (Å²) in [5.41, 5.74) is 4.57. The van der Waals surface area contributed by atoms with Gasteiger partial charge >= 0.3 is 21.7 Å². The molecular formula is C22H33Cl3SiTi. The third-order valence-corrected chi connectivity index (χ3v) is 9.57. The summed E-state index contributed by atoms with van der Waals surface area (Å²) in [4.78, 5) is 0. The van der Waals surface area contributed by atoms with Crippen molar-refractivity contribution in [3.63, 3.8) is 0 Å². The molecule has 0 nitrogen and oxygen atoms in total. The van der Waals surface area contributed by atoms with Crippen LogP contribution in [0.2, 0.25) is 12.6 Å². The molecule has 1 aromatic carbocycles. The molecule has 0 amide bonds. The van der Waals surface area contributed by atoms with Crippen LogP contribution in [0.4, 0.5) is 0 Å². The Hall–Kier alpha value is 0.501. The molecule has 0 bridgehead atoms. The summed E-state index contributed by atoms with van der Waals surface area (Å²) in [5.74, 6) is 0. The van der Waals surface area contributed by atoms with Gasteiger partial charge in [-0.1, -0.05) is 93.1 Å². The topological polar surface area (TPSA) is 0 Å². The number of rotatable bonds is 5. The molecule has 0 aliphatic heterocycles. The Kier molecular flexibility index (Phi) is 15.4. The molecule has 1 aromatic rings. The predicted molar refractivity (Wildman–Crippen MR) is 106 cm³/mol. The van der Waals surface area contributed by atoms with Crippen molar-refractivity contribution in [3.8, 4) is 0 Å². The molecule has 1 atom stereocenters. The van der Waals surface area contributed by atoms with Gasteiger partial charge in [0.1, 0.15) is 0 Å². The molecule has 2 rings (SSSR count). The molecule has 1 aliphatic rings. The first-order valence-corrected chi connectivity index (χ1v) is 11.8. The van der Waals surface area contributed by atoms with E-state index in [4.69, 9.17) is 0 Å². The number of hydrogen-bond donors (Lipinski definition) is 0. The molecule has 0 fully saturated rings. The number of allylic oxidation sites excluding steroid dienone is 4. The minimum Gasteiger partial charge on any atom is -1.00 e. The molecule has 150 valence electrons. The third kappa shape index (κ3) is 7.68. The molecule has 0 saturated carbocycles. The number of aryl methyl sites for hydroxylation is 2. The largest absolute Gasteiger partial charge is 4.00 e. The Labute approximate surface area is 202 Å². The molecule has 1 aliphatic carbocycles. The maximum atomic E-state index is 3.79. The second-order valence-corrected chi connectivity index (χ2v) is 12.7. The van der Waals surface area contributed by atoms with Gasteiger partial charge in [-0.3, -0.25) is 6.08 Å². The third-order valence-electron chi connectivity index (χ3n) is 5.10. The second-order valence-electron chi connectivity index (χ2n) is 8.44. The van der Waals surface area contributed by atoms with Crippen LogP contribution >= 0.6 is 0 Å². The molecule has 0 aromatic heterocycles. The zero-order valence-corrected chi connectivity index (χ0v) is 22.6. The number of hydrogen-bond acceptors (Lipinski definition) is 0. The summed E-state index contributed by atoms with van der Waals surface area (Å²) >= 11 is 0. The van der Waals surface area contributed by atoms with Gasteiger partial charge in [0, 0.05) is 0 Å². The predicted octanol–water partition coefficient (Wildman–Crippen LogP) is -2.96. The minimum atomic E-state index is -1.71. The van der Waals surface area contributed by atoms with Crippen LogP contribution in [-0.4, -0.2) is 8.07 Å². The average molecular weight is 480 g/mol. The Morgan fingerprint density at radius 1 is 1.00 bits per heavy atom. The normalized spacial score (nSPS) is 15.1. The maximum Gasteiger partial charge on any atom is 4.00 e. The fourth-order valence-electron chi connectivity index (χ4n) is 3.86. The fourth-order valence-corrected chi connectivity index (χ4v) is 8.41. The van der Waals surface area contributed by atoms with Gasteiger partial charge in [0.15, 0.2) is 0 Å². The van der Waals surface area contributed by atoms with Crippen molar-refractivity contribution in [2.45, 2.75) is 73.4 Å². The van der Waals surface area contributed by atoms with E-state index in [2.05, 4.69) is 78.4 Å². The van der Waals surface area contributed by atoms with E-state index in [0.717, 1.165) is 6.42 Å². The first-order valence-electron chi connectivity index (χ1n) is 9.09. The first kappa shape index (κ1) is 32.2. The summed E-state index contributed by atoms with van der Waals surface area (Å²) in [6.07, 6.45) is 9.80. The molecule has 5 heteroatoms. The molecule has 0 saturated heterocycles. The summed E-state index contributed by atoms with van der Waals surface area (Å²) in [6.45, 7) is 16.4. The van der Waals surface area contributed by atoms with E-state index < -0.39 is 8.07 Å². The minimum absolute atomic E-state index is 0. The second kappa shape index (κ2) is 12.9. The smallest absolute Gasteiger partial charge is 1.00 e. The van der Waals surface area contributed by atoms with E-state index in [-0.39, 0.29) is 64.4 Å². The fraction of sp³-hybridized carbons (Fsp3) is 0.545. The van der Waals surface area contributed by atoms with Crippen molar-refractivity contribution >= 4 is 13.3 Å². The van der Waals surface area contributed by atoms with Crippen LogP contribution in [0, 0.1) is 25.3 Å². The molecule has 0 heterocycles. The SMILES string of the molecule is CCCC[Si](C)(C1=[C-]CC=C1C(C)(C)C)c1cc(C)cc(C)c1.[Cl-].[Cl-].[Cl-].[Ti+4]. The molecule has 0 spiro atoms. The quantitative estimate of drug-likeness (QED) is 0.313. The van der Waals surface area contributed by atoms with Crippen molar-refractivity contribution < 1.29 is 58.9 Å². The Balaban J connectivity index is -0.00000144. The monoisotopic (exact) mass is 478 g/mol. The van der Waals surface area contributed by atoms with E-state index in [1.54, 1.807) is 16.0 Å². The number of halogens is 3. The summed E-state index contributed by atoms with van der Waals surface area (Å²) in [6, 6.07) is 8.53. The molecular weight excluding hydrogens is 447 g/mol. The zero-order chi connectivity index (χ0) is 17.3. The van der Waals surface area contributed by atoms with Crippen LogP contribution in [0.15, 0.2) is 35.0 Å². The Bertz CT molecular complexity index is 627. The van der Waals surface area contributed by atoms with Gasteiger partial charge in [0.05, 0.1) is 8.07 Å². The first-order chi connectivity index (χ1) is 10.7. The van der Waals surface area contributed by atoms with E-state index in [1.165, 1.54) is 30.0 Å². The van der Waals surface area contributed by atoms with Gasteiger partial charge < -0.3 is 37.2 Å². The number of unbranched alkanes of at least 4 members (excludes halogenated alkanes) is 1. The van der Waals surface area contributed by atoms with Crippen LogP contribution < -0.4 is 42.4 Å². The average Bonchev–Trinajstić information content (AvgIpc) is 2.93. The van der Waals surface area contributed by atoms with Crippen LogP contribution in [-0.2, 0) is 21.7 Å². The van der Waals surface area contributed by atoms with Gasteiger partial charge in [0.25, 0.3) is 0 Å². The van der Waals surface area contributed by atoms with Crippen LogP contribution in [0.1, 0.15) is 58.1 Å². The van der Waals surface area contributed by atoms with E-state index in [0.29, 0.717) is 0 Å². The maximum absolute atomic E-state index is 3.79. The van der Waals surface area contributed by atoms with E-state index >= 15 is 0 Å². The van der Waals surface area contributed by atoms with Gasteiger partial charge in [-0.15, -0.1) is 6.42 Å². The molecule has 0 radical (unpaired) electrons. The van der Waals surface area contributed by atoms with E-state index in [1.807, 2.05) is 0 Å². The van der Waals surface area contributed by atoms with Gasteiger partial charge in [-0.2, -0.15) is 11.6 Å². The molecule has 0 N–H and O–H groups in total. The van der Waals surface area contributed by atoms with Gasteiger partial charge in [-0.05, 0) is 13.8 Å². The van der Waals surface area contributed by atoms with Crippen molar-refractivity contribution in [1.82, 2.24) is 0 Å². The van der Waals surface area contributed by atoms with Crippen molar-refractivity contribution in [1.29, 1.82) is 0 Å². The van der Waals surface area contributed by atoms with Gasteiger partial charge in [0.2, 0.25) is 0 Å². The van der Waals surface area contributed by atoms with Crippen molar-refractivity contribution in [2.75, 3.05) is 0 Å². The van der Waals surface area contributed by atoms with Gasteiger partial charge in [-0.25, -0.2) is 5.20 Å². The summed E-state index contributed by atoms with van der Waals surface area (Å²) in [7, 11) is -1.71. The summed E-state index contributed by atoms with van der Waals surface area (Å²) < 4.78 is 0.